The van der Waals surface area contributed by atoms with E-state index in [-0.39, 0.29) is 21.9 Å². The second-order valence-corrected chi connectivity index (χ2v) is 6.88. The Kier molecular flexibility index (Phi) is 5.87. The fourth-order valence-electron chi connectivity index (χ4n) is 1.72. The van der Waals surface area contributed by atoms with Crippen molar-refractivity contribution in [3.63, 3.8) is 0 Å². The molecule has 0 heterocycles. The lowest BCUT2D eigenvalue weighted by Crippen LogP contribution is -2.22. The third kappa shape index (κ3) is 4.86. The quantitative estimate of drug-likeness (QED) is 0.455. The monoisotopic (exact) mass is 370 g/mol. The Labute approximate surface area is 147 Å². The van der Waals surface area contributed by atoms with Crippen molar-refractivity contribution in [1.29, 1.82) is 0 Å². The number of hydrogen-bond acceptors (Lipinski definition) is 4. The number of halogens is 2. The zero-order valence-corrected chi connectivity index (χ0v) is 14.3. The van der Waals surface area contributed by atoms with Gasteiger partial charge in [-0.25, -0.2) is 0 Å². The summed E-state index contributed by atoms with van der Waals surface area (Å²) in [6, 6.07) is 11.1. The predicted octanol–water partition coefficient (Wildman–Crippen LogP) is 5.02. The standard InChI is InChI=1S/C15H12Cl2N2O3S/c1-9(23-12-5-2-10(16)3-6-12)15(20)18-14-7-4-11(19(21)22)8-13(14)17/h2-9H,1H3,(H,18,20)/t9-/m1/s1. The molecule has 0 radical (unpaired) electrons. The molecule has 0 saturated heterocycles. The fourth-order valence-corrected chi connectivity index (χ4v) is 2.94. The molecule has 0 saturated carbocycles. The molecule has 1 atom stereocenters. The lowest BCUT2D eigenvalue weighted by Gasteiger charge is -2.13. The van der Waals surface area contributed by atoms with Gasteiger partial charge < -0.3 is 5.32 Å². The van der Waals surface area contributed by atoms with E-state index >= 15 is 0 Å². The normalized spacial score (nSPS) is 11.8. The molecule has 8 heteroatoms. The first-order valence-electron chi connectivity index (χ1n) is 6.54. The van der Waals surface area contributed by atoms with Crippen LogP contribution in [0.3, 0.4) is 0 Å². The molecular weight excluding hydrogens is 359 g/mol. The summed E-state index contributed by atoms with van der Waals surface area (Å²) in [7, 11) is 0. The number of benzene rings is 2. The van der Waals surface area contributed by atoms with Gasteiger partial charge in [0.2, 0.25) is 5.91 Å². The first kappa shape index (κ1) is 17.6. The van der Waals surface area contributed by atoms with Crippen LogP contribution in [0.25, 0.3) is 0 Å². The van der Waals surface area contributed by atoms with Gasteiger partial charge in [-0.15, -0.1) is 11.8 Å². The molecular formula is C15H12Cl2N2O3S. The zero-order valence-electron chi connectivity index (χ0n) is 12.0. The Balaban J connectivity index is 2.03. The highest BCUT2D eigenvalue weighted by Gasteiger charge is 2.17. The molecule has 0 bridgehead atoms. The number of nitro benzene ring substituents is 1. The number of non-ortho nitro benzene ring substituents is 1. The fraction of sp³-hybridized carbons (Fsp3) is 0.133. The van der Waals surface area contributed by atoms with Gasteiger partial charge in [0.05, 0.1) is 20.9 Å². The van der Waals surface area contributed by atoms with Crippen molar-refractivity contribution in [2.75, 3.05) is 5.32 Å². The van der Waals surface area contributed by atoms with Crippen LogP contribution in [0.5, 0.6) is 0 Å². The van der Waals surface area contributed by atoms with Crippen LogP contribution >= 0.6 is 35.0 Å². The summed E-state index contributed by atoms with van der Waals surface area (Å²) in [5.41, 5.74) is 0.211. The molecule has 23 heavy (non-hydrogen) atoms. The third-order valence-electron chi connectivity index (χ3n) is 2.92. The summed E-state index contributed by atoms with van der Waals surface area (Å²) in [6.45, 7) is 1.76. The van der Waals surface area contributed by atoms with Crippen molar-refractivity contribution in [2.24, 2.45) is 0 Å². The van der Waals surface area contributed by atoms with Gasteiger partial charge in [-0.1, -0.05) is 23.2 Å². The van der Waals surface area contributed by atoms with E-state index in [0.29, 0.717) is 10.7 Å². The number of nitro groups is 1. The molecule has 0 fully saturated rings. The van der Waals surface area contributed by atoms with Crippen LogP contribution in [0, 0.1) is 10.1 Å². The van der Waals surface area contributed by atoms with E-state index in [4.69, 9.17) is 23.2 Å². The average molecular weight is 371 g/mol. The van der Waals surface area contributed by atoms with Crippen LogP contribution in [0.4, 0.5) is 11.4 Å². The minimum atomic E-state index is -0.545. The van der Waals surface area contributed by atoms with E-state index in [1.807, 2.05) is 12.1 Å². The third-order valence-corrected chi connectivity index (χ3v) is 4.59. The van der Waals surface area contributed by atoms with Crippen molar-refractivity contribution < 1.29 is 9.72 Å². The molecule has 1 amide bonds. The Morgan fingerprint density at radius 3 is 2.43 bits per heavy atom. The van der Waals surface area contributed by atoms with Crippen LogP contribution in [0.1, 0.15) is 6.92 Å². The van der Waals surface area contributed by atoms with Crippen molar-refractivity contribution >= 4 is 52.2 Å². The van der Waals surface area contributed by atoms with Crippen LogP contribution in [0.15, 0.2) is 47.4 Å². The second-order valence-electron chi connectivity index (χ2n) is 4.62. The van der Waals surface area contributed by atoms with Gasteiger partial charge in [0, 0.05) is 22.1 Å². The lowest BCUT2D eigenvalue weighted by molar-refractivity contribution is -0.384. The second kappa shape index (κ2) is 7.68. The Bertz CT molecular complexity index is 738. The van der Waals surface area contributed by atoms with E-state index in [1.165, 1.54) is 30.0 Å². The number of nitrogens with zero attached hydrogens (tertiary/aromatic N) is 1. The molecule has 120 valence electrons. The SMILES string of the molecule is C[C@@H](Sc1ccc(Cl)cc1)C(=O)Nc1ccc([N+](=O)[O-])cc1Cl. The van der Waals surface area contributed by atoms with Crippen molar-refractivity contribution in [3.05, 3.63) is 62.6 Å². The molecule has 0 aliphatic heterocycles. The number of carbonyl (C=O) groups excluding carboxylic acids is 1. The van der Waals surface area contributed by atoms with Gasteiger partial charge in [0.1, 0.15) is 0 Å². The van der Waals surface area contributed by atoms with Crippen molar-refractivity contribution in [1.82, 2.24) is 0 Å². The van der Waals surface area contributed by atoms with Crippen LogP contribution in [-0.2, 0) is 4.79 Å². The first-order chi connectivity index (χ1) is 10.9. The summed E-state index contributed by atoms with van der Waals surface area (Å²) in [5, 5.41) is 13.7. The van der Waals surface area contributed by atoms with Crippen LogP contribution < -0.4 is 5.32 Å². The molecule has 5 nitrogen and oxygen atoms in total. The van der Waals surface area contributed by atoms with Crippen molar-refractivity contribution in [3.8, 4) is 0 Å². The number of anilines is 1. The number of thioether (sulfide) groups is 1. The average Bonchev–Trinajstić information content (AvgIpc) is 2.51. The molecule has 0 aromatic heterocycles. The minimum absolute atomic E-state index is 0.122. The summed E-state index contributed by atoms with van der Waals surface area (Å²) in [4.78, 5) is 23.2. The smallest absolute Gasteiger partial charge is 0.271 e. The number of nitrogens with one attached hydrogen (secondary N) is 1. The van der Waals surface area contributed by atoms with Gasteiger partial charge in [0.15, 0.2) is 0 Å². The Morgan fingerprint density at radius 1 is 1.22 bits per heavy atom. The van der Waals surface area contributed by atoms with Gasteiger partial charge in [-0.2, -0.15) is 0 Å². The predicted molar refractivity (Wildman–Crippen MR) is 93.5 cm³/mol. The van der Waals surface area contributed by atoms with Gasteiger partial charge in [-0.05, 0) is 37.3 Å². The topological polar surface area (TPSA) is 72.2 Å². The number of carbonyl (C=O) groups is 1. The number of hydrogen-bond donors (Lipinski definition) is 1. The summed E-state index contributed by atoms with van der Waals surface area (Å²) in [5.74, 6) is -0.249. The van der Waals surface area contributed by atoms with Gasteiger partial charge in [-0.3, -0.25) is 14.9 Å². The van der Waals surface area contributed by atoms with E-state index in [1.54, 1.807) is 19.1 Å². The highest BCUT2D eigenvalue weighted by atomic mass is 35.5. The summed E-state index contributed by atoms with van der Waals surface area (Å²) >= 11 is 13.2. The molecule has 2 aromatic rings. The number of rotatable bonds is 5. The van der Waals surface area contributed by atoms with Gasteiger partial charge in [0.25, 0.3) is 5.69 Å². The van der Waals surface area contributed by atoms with Crippen molar-refractivity contribution in [2.45, 2.75) is 17.1 Å². The van der Waals surface area contributed by atoms with E-state index in [2.05, 4.69) is 5.32 Å². The van der Waals surface area contributed by atoms with Gasteiger partial charge >= 0.3 is 0 Å². The highest BCUT2D eigenvalue weighted by Crippen LogP contribution is 2.29. The molecule has 0 unspecified atom stereocenters. The summed E-state index contributed by atoms with van der Waals surface area (Å²) < 4.78 is 0. The first-order valence-corrected chi connectivity index (χ1v) is 8.17. The zero-order chi connectivity index (χ0) is 17.0. The largest absolute Gasteiger partial charge is 0.324 e. The molecule has 0 aliphatic carbocycles. The molecule has 1 N–H and O–H groups in total. The number of amides is 1. The van der Waals surface area contributed by atoms with E-state index in [9.17, 15) is 14.9 Å². The maximum absolute atomic E-state index is 12.2. The van der Waals surface area contributed by atoms with E-state index in [0.717, 1.165) is 4.90 Å². The van der Waals surface area contributed by atoms with Crippen LogP contribution in [-0.4, -0.2) is 16.1 Å². The van der Waals surface area contributed by atoms with Crippen LogP contribution in [0.2, 0.25) is 10.0 Å². The molecule has 0 spiro atoms. The lowest BCUT2D eigenvalue weighted by atomic mass is 10.2. The highest BCUT2D eigenvalue weighted by molar-refractivity contribution is 8.00. The Hall–Kier alpha value is -1.76. The summed E-state index contributed by atoms with van der Waals surface area (Å²) in [6.07, 6.45) is 0. The maximum Gasteiger partial charge on any atom is 0.271 e. The Morgan fingerprint density at radius 2 is 1.87 bits per heavy atom. The van der Waals surface area contributed by atoms with E-state index < -0.39 is 4.92 Å². The molecule has 2 aromatic carbocycles. The maximum atomic E-state index is 12.2. The minimum Gasteiger partial charge on any atom is -0.324 e. The molecule has 2 rings (SSSR count). The molecule has 0 aliphatic rings.